The normalized spacial score (nSPS) is 20.5. The summed E-state index contributed by atoms with van der Waals surface area (Å²) in [4.78, 5) is 23.8. The predicted octanol–water partition coefficient (Wildman–Crippen LogP) is 2.76. The van der Waals surface area contributed by atoms with Crippen molar-refractivity contribution in [2.75, 3.05) is 5.32 Å². The van der Waals surface area contributed by atoms with Crippen LogP contribution in [0.4, 0.5) is 5.69 Å². The van der Waals surface area contributed by atoms with Gasteiger partial charge in [0, 0.05) is 6.20 Å². The largest absolute Gasteiger partial charge is 0.481 e. The standard InChI is InChI=1S/C18H21N3O3/c22-17(15-8-4-5-9-16(15)18(23)24)20-14-10-19-21(12-14)11-13-6-2-1-3-7-13/h1-3,6-7,10,12,15-16H,4-5,8-9,11H2,(H,20,22)(H,23,24)/t15-,16+/m1/s1. The lowest BCUT2D eigenvalue weighted by Crippen LogP contribution is -2.35. The van der Waals surface area contributed by atoms with Crippen LogP contribution in [0, 0.1) is 11.8 Å². The average Bonchev–Trinajstić information content (AvgIpc) is 3.02. The third kappa shape index (κ3) is 3.82. The molecule has 126 valence electrons. The van der Waals surface area contributed by atoms with E-state index in [-0.39, 0.29) is 5.91 Å². The van der Waals surface area contributed by atoms with E-state index in [0.717, 1.165) is 18.4 Å². The van der Waals surface area contributed by atoms with Gasteiger partial charge in [0.25, 0.3) is 0 Å². The minimum absolute atomic E-state index is 0.221. The van der Waals surface area contributed by atoms with E-state index < -0.39 is 17.8 Å². The number of rotatable bonds is 5. The molecule has 1 aromatic carbocycles. The average molecular weight is 327 g/mol. The number of benzene rings is 1. The molecule has 1 aliphatic carbocycles. The van der Waals surface area contributed by atoms with Crippen molar-refractivity contribution in [3.8, 4) is 0 Å². The van der Waals surface area contributed by atoms with Crippen molar-refractivity contribution in [1.29, 1.82) is 0 Å². The maximum atomic E-state index is 12.4. The Hall–Kier alpha value is -2.63. The first-order valence-corrected chi connectivity index (χ1v) is 8.23. The molecule has 2 aromatic rings. The molecule has 1 aromatic heterocycles. The zero-order valence-corrected chi connectivity index (χ0v) is 13.4. The number of nitrogens with zero attached hydrogens (tertiary/aromatic N) is 2. The quantitative estimate of drug-likeness (QED) is 0.884. The third-order valence-electron chi connectivity index (χ3n) is 4.51. The van der Waals surface area contributed by atoms with E-state index in [1.807, 2.05) is 30.3 Å². The van der Waals surface area contributed by atoms with Gasteiger partial charge in [-0.15, -0.1) is 0 Å². The van der Waals surface area contributed by atoms with E-state index in [4.69, 9.17) is 0 Å². The highest BCUT2D eigenvalue weighted by Gasteiger charge is 2.35. The van der Waals surface area contributed by atoms with Crippen LogP contribution in [0.5, 0.6) is 0 Å². The molecule has 6 nitrogen and oxygen atoms in total. The molecule has 0 aliphatic heterocycles. The number of aromatic nitrogens is 2. The molecule has 0 unspecified atom stereocenters. The molecule has 0 radical (unpaired) electrons. The van der Waals surface area contributed by atoms with Crippen LogP contribution in [-0.2, 0) is 16.1 Å². The maximum absolute atomic E-state index is 12.4. The van der Waals surface area contributed by atoms with Crippen LogP contribution in [0.25, 0.3) is 0 Å². The van der Waals surface area contributed by atoms with Gasteiger partial charge in [-0.05, 0) is 18.4 Å². The summed E-state index contributed by atoms with van der Waals surface area (Å²) < 4.78 is 1.75. The van der Waals surface area contributed by atoms with Gasteiger partial charge in [0.1, 0.15) is 0 Å². The van der Waals surface area contributed by atoms with Gasteiger partial charge in [-0.25, -0.2) is 0 Å². The topological polar surface area (TPSA) is 84.2 Å². The fraction of sp³-hybridized carbons (Fsp3) is 0.389. The SMILES string of the molecule is O=C(O)[C@H]1CCCC[C@H]1C(=O)Nc1cnn(Cc2ccccc2)c1. The van der Waals surface area contributed by atoms with E-state index in [1.165, 1.54) is 0 Å². The van der Waals surface area contributed by atoms with Crippen LogP contribution in [0.3, 0.4) is 0 Å². The number of carbonyl (C=O) groups is 2. The molecule has 1 aliphatic rings. The molecule has 2 N–H and O–H groups in total. The first-order valence-electron chi connectivity index (χ1n) is 8.23. The molecule has 1 amide bonds. The molecule has 3 rings (SSSR count). The van der Waals surface area contributed by atoms with E-state index in [9.17, 15) is 14.7 Å². The van der Waals surface area contributed by atoms with Crippen LogP contribution < -0.4 is 5.32 Å². The molecule has 24 heavy (non-hydrogen) atoms. The Morgan fingerprint density at radius 3 is 2.58 bits per heavy atom. The molecule has 1 saturated carbocycles. The molecular formula is C18H21N3O3. The monoisotopic (exact) mass is 327 g/mol. The molecule has 0 saturated heterocycles. The highest BCUT2D eigenvalue weighted by Crippen LogP contribution is 2.31. The number of nitrogens with one attached hydrogen (secondary N) is 1. The van der Waals surface area contributed by atoms with Crippen LogP contribution in [0.15, 0.2) is 42.7 Å². The fourth-order valence-corrected chi connectivity index (χ4v) is 3.26. The number of carbonyl (C=O) groups excluding carboxylic acids is 1. The van der Waals surface area contributed by atoms with Gasteiger partial charge >= 0.3 is 5.97 Å². The number of anilines is 1. The van der Waals surface area contributed by atoms with Crippen molar-refractivity contribution in [2.24, 2.45) is 11.8 Å². The van der Waals surface area contributed by atoms with Gasteiger partial charge in [-0.2, -0.15) is 5.10 Å². The summed E-state index contributed by atoms with van der Waals surface area (Å²) >= 11 is 0. The minimum Gasteiger partial charge on any atom is -0.481 e. The first-order chi connectivity index (χ1) is 11.6. The molecule has 0 spiro atoms. The molecule has 1 fully saturated rings. The highest BCUT2D eigenvalue weighted by atomic mass is 16.4. The number of amides is 1. The summed E-state index contributed by atoms with van der Waals surface area (Å²) in [6.07, 6.45) is 6.33. The second-order valence-electron chi connectivity index (χ2n) is 6.24. The van der Waals surface area contributed by atoms with Gasteiger partial charge in [-0.3, -0.25) is 14.3 Å². The summed E-state index contributed by atoms with van der Waals surface area (Å²) in [5, 5.41) is 16.4. The zero-order chi connectivity index (χ0) is 16.9. The smallest absolute Gasteiger partial charge is 0.307 e. The first kappa shape index (κ1) is 16.2. The van der Waals surface area contributed by atoms with E-state index >= 15 is 0 Å². The lowest BCUT2D eigenvalue weighted by Gasteiger charge is -2.27. The summed E-state index contributed by atoms with van der Waals surface area (Å²) in [6, 6.07) is 9.92. The van der Waals surface area contributed by atoms with E-state index in [1.54, 1.807) is 17.1 Å². The third-order valence-corrected chi connectivity index (χ3v) is 4.51. The lowest BCUT2D eigenvalue weighted by atomic mass is 9.78. The van der Waals surface area contributed by atoms with Crippen molar-refractivity contribution in [1.82, 2.24) is 9.78 Å². The van der Waals surface area contributed by atoms with Crippen LogP contribution in [0.1, 0.15) is 31.2 Å². The van der Waals surface area contributed by atoms with E-state index in [2.05, 4.69) is 10.4 Å². The molecule has 6 heteroatoms. The summed E-state index contributed by atoms with van der Waals surface area (Å²) in [6.45, 7) is 0.623. The molecule has 0 bridgehead atoms. The van der Waals surface area contributed by atoms with Crippen LogP contribution >= 0.6 is 0 Å². The molecule has 1 heterocycles. The van der Waals surface area contributed by atoms with Crippen molar-refractivity contribution in [2.45, 2.75) is 32.2 Å². The maximum Gasteiger partial charge on any atom is 0.307 e. The van der Waals surface area contributed by atoms with Crippen LogP contribution in [-0.4, -0.2) is 26.8 Å². The summed E-state index contributed by atoms with van der Waals surface area (Å²) in [5.74, 6) is -2.15. The van der Waals surface area contributed by atoms with Crippen molar-refractivity contribution < 1.29 is 14.7 Å². The Kier molecular flexibility index (Phi) is 4.93. The van der Waals surface area contributed by atoms with Crippen molar-refractivity contribution in [3.63, 3.8) is 0 Å². The van der Waals surface area contributed by atoms with Gasteiger partial charge in [0.15, 0.2) is 0 Å². The zero-order valence-electron chi connectivity index (χ0n) is 13.4. The van der Waals surface area contributed by atoms with Gasteiger partial charge < -0.3 is 10.4 Å². The number of carboxylic acids is 1. The van der Waals surface area contributed by atoms with Crippen molar-refractivity contribution in [3.05, 3.63) is 48.3 Å². The van der Waals surface area contributed by atoms with Gasteiger partial charge in [0.05, 0.1) is 30.3 Å². The summed E-state index contributed by atoms with van der Waals surface area (Å²) in [7, 11) is 0. The minimum atomic E-state index is -0.880. The summed E-state index contributed by atoms with van der Waals surface area (Å²) in [5.41, 5.74) is 1.72. The number of hydrogen-bond acceptors (Lipinski definition) is 3. The Bertz CT molecular complexity index is 711. The Labute approximate surface area is 140 Å². The second-order valence-corrected chi connectivity index (χ2v) is 6.24. The predicted molar refractivity (Wildman–Crippen MR) is 89.5 cm³/mol. The van der Waals surface area contributed by atoms with E-state index in [0.29, 0.717) is 25.1 Å². The Morgan fingerprint density at radius 1 is 1.17 bits per heavy atom. The number of carboxylic acid groups (broad SMARTS) is 1. The van der Waals surface area contributed by atoms with Gasteiger partial charge in [-0.1, -0.05) is 43.2 Å². The fourth-order valence-electron chi connectivity index (χ4n) is 3.26. The Morgan fingerprint density at radius 2 is 1.88 bits per heavy atom. The second kappa shape index (κ2) is 7.29. The number of aliphatic carboxylic acids is 1. The Balaban J connectivity index is 1.63. The van der Waals surface area contributed by atoms with Crippen molar-refractivity contribution >= 4 is 17.6 Å². The molecular weight excluding hydrogens is 306 g/mol. The molecule has 2 atom stereocenters. The number of hydrogen-bond donors (Lipinski definition) is 2. The highest BCUT2D eigenvalue weighted by molar-refractivity contribution is 5.95. The van der Waals surface area contributed by atoms with Gasteiger partial charge in [0.2, 0.25) is 5.91 Å². The lowest BCUT2D eigenvalue weighted by molar-refractivity contribution is -0.147. The van der Waals surface area contributed by atoms with Crippen LogP contribution in [0.2, 0.25) is 0 Å².